The quantitative estimate of drug-likeness (QED) is 0.0190. The number of amides is 3. The van der Waals surface area contributed by atoms with Crippen LogP contribution < -0.4 is 16.0 Å². The predicted molar refractivity (Wildman–Crippen MR) is 287 cm³/mol. The predicted octanol–water partition coefficient (Wildman–Crippen LogP) is 10.6. The molecule has 0 bridgehead atoms. The van der Waals surface area contributed by atoms with Crippen molar-refractivity contribution < 1.29 is 86.9 Å². The number of esters is 2. The molecule has 0 spiro atoms. The van der Waals surface area contributed by atoms with Crippen LogP contribution in [0.4, 0.5) is 14.4 Å². The maximum Gasteiger partial charge on any atom is 0.407 e. The van der Waals surface area contributed by atoms with E-state index < -0.39 is 64.7 Å². The van der Waals surface area contributed by atoms with Crippen LogP contribution >= 0.6 is 0 Å². The number of alkyl carbamates (subject to hydrolysis) is 3. The Morgan fingerprint density at radius 2 is 0.711 bits per heavy atom. The molecular formula is C55H99N3O18. The summed E-state index contributed by atoms with van der Waals surface area (Å²) in [5.41, 5.74) is -1.47. The Morgan fingerprint density at radius 1 is 0.395 bits per heavy atom. The fourth-order valence-corrected chi connectivity index (χ4v) is 6.85. The highest BCUT2D eigenvalue weighted by atomic mass is 16.6. The molecule has 0 aromatic rings. The van der Waals surface area contributed by atoms with Gasteiger partial charge in [0.25, 0.3) is 0 Å². The first-order valence-corrected chi connectivity index (χ1v) is 27.3. The number of ether oxygens (including phenoxy) is 5. The lowest BCUT2D eigenvalue weighted by molar-refractivity contribution is -0.151. The summed E-state index contributed by atoms with van der Waals surface area (Å²) in [7, 11) is 0. The Morgan fingerprint density at radius 3 is 1.04 bits per heavy atom. The van der Waals surface area contributed by atoms with Crippen molar-refractivity contribution in [2.75, 3.05) is 32.8 Å². The molecule has 0 aromatic carbocycles. The standard InChI is InChI=1S/C23H41NO7.C19H33NO7.C13H25NO4/c1-6-29-20(26)15-14-18(21(27)30-7-2)17-19(25)13-11-9-8-10-12-16-24-22(28)31-23(3,4)5;1-19(2,3)27-18(26)20-12-8-6-4-5-7-9-15(21)13-14(17(24)25)10-11-16(22)23;1-13(2,3)18-12(17)14-10-8-6-4-5-7-9-11(15)16/h18H,6-17H2,1-5H3,(H,24,28);14H,4-13H2,1-3H3,(H,20,26)(H,22,23)(H,24,25);4-10H2,1-3H3,(H,14,17)(H,15,16). The fourth-order valence-electron chi connectivity index (χ4n) is 6.85. The molecule has 0 aliphatic rings. The third kappa shape index (κ3) is 56.2. The molecule has 0 aromatic heterocycles. The second-order valence-corrected chi connectivity index (χ2v) is 21.5. The number of carboxylic acid groups (broad SMARTS) is 3. The molecule has 0 saturated carbocycles. The summed E-state index contributed by atoms with van der Waals surface area (Å²) < 4.78 is 25.3. The summed E-state index contributed by atoms with van der Waals surface area (Å²) in [5.74, 6) is -5.38. The summed E-state index contributed by atoms with van der Waals surface area (Å²) in [6.07, 6.45) is 13.0. The van der Waals surface area contributed by atoms with Gasteiger partial charge in [0, 0.05) is 64.6 Å². The number of carbonyl (C=O) groups excluding carboxylic acids is 7. The second-order valence-electron chi connectivity index (χ2n) is 21.5. The Balaban J connectivity index is -0.00000109. The Bertz CT molecular complexity index is 1680. The summed E-state index contributed by atoms with van der Waals surface area (Å²) in [6.45, 7) is 22.0. The van der Waals surface area contributed by atoms with Crippen molar-refractivity contribution in [2.24, 2.45) is 11.8 Å². The molecule has 0 saturated heterocycles. The van der Waals surface area contributed by atoms with Gasteiger partial charge in [-0.1, -0.05) is 57.8 Å². The molecular weight excluding hydrogens is 991 g/mol. The molecule has 0 heterocycles. The SMILES string of the molecule is CC(C)(C)OC(=O)NCCCCCCCC(=O)CC(CCC(=O)O)C(=O)O.CC(C)(C)OC(=O)NCCCCCCCC(=O)O.CCOC(=O)CCC(CC(=O)CCCCCCCNC(=O)OC(C)(C)C)C(=O)OCC. The topological polar surface area (TPSA) is 314 Å². The number of ketones is 2. The highest BCUT2D eigenvalue weighted by Gasteiger charge is 2.25. The molecule has 442 valence electrons. The van der Waals surface area contributed by atoms with Gasteiger partial charge in [0.05, 0.1) is 25.0 Å². The van der Waals surface area contributed by atoms with Gasteiger partial charge in [0.15, 0.2) is 0 Å². The first-order valence-electron chi connectivity index (χ1n) is 27.3. The number of aliphatic carboxylic acids is 3. The van der Waals surface area contributed by atoms with Crippen LogP contribution in [0.15, 0.2) is 0 Å². The lowest BCUT2D eigenvalue weighted by Crippen LogP contribution is -2.33. The summed E-state index contributed by atoms with van der Waals surface area (Å²) in [5, 5.41) is 34.2. The van der Waals surface area contributed by atoms with Crippen molar-refractivity contribution in [3.63, 3.8) is 0 Å². The summed E-state index contributed by atoms with van der Waals surface area (Å²) >= 11 is 0. The second kappa shape index (κ2) is 44.6. The molecule has 21 heteroatoms. The van der Waals surface area contributed by atoms with E-state index in [4.69, 9.17) is 39.0 Å². The highest BCUT2D eigenvalue weighted by molar-refractivity contribution is 5.85. The monoisotopic (exact) mass is 1090 g/mol. The van der Waals surface area contributed by atoms with E-state index in [2.05, 4.69) is 16.0 Å². The van der Waals surface area contributed by atoms with Gasteiger partial charge in [-0.05, 0) is 128 Å². The smallest absolute Gasteiger partial charge is 0.407 e. The third-order valence-corrected chi connectivity index (χ3v) is 10.5. The van der Waals surface area contributed by atoms with Crippen LogP contribution in [0.1, 0.15) is 230 Å². The van der Waals surface area contributed by atoms with E-state index in [9.17, 15) is 47.9 Å². The maximum atomic E-state index is 12.3. The van der Waals surface area contributed by atoms with Crippen LogP contribution in [0.2, 0.25) is 0 Å². The maximum absolute atomic E-state index is 12.3. The Hall–Kier alpha value is -5.50. The minimum Gasteiger partial charge on any atom is -0.481 e. The molecule has 21 nitrogen and oxygen atoms in total. The number of rotatable bonds is 38. The van der Waals surface area contributed by atoms with Crippen molar-refractivity contribution in [3.8, 4) is 0 Å². The van der Waals surface area contributed by atoms with Crippen molar-refractivity contribution in [1.29, 1.82) is 0 Å². The number of hydrogen-bond acceptors (Lipinski definition) is 15. The van der Waals surface area contributed by atoms with E-state index in [0.717, 1.165) is 89.9 Å². The first-order chi connectivity index (χ1) is 35.4. The summed E-state index contributed by atoms with van der Waals surface area (Å²) in [6, 6.07) is 0. The highest BCUT2D eigenvalue weighted by Crippen LogP contribution is 2.19. The minimum atomic E-state index is -1.12. The van der Waals surface area contributed by atoms with Crippen LogP contribution in [0.25, 0.3) is 0 Å². The van der Waals surface area contributed by atoms with Crippen molar-refractivity contribution in [2.45, 2.75) is 247 Å². The zero-order valence-electron chi connectivity index (χ0n) is 48.1. The van der Waals surface area contributed by atoms with Crippen molar-refractivity contribution in [3.05, 3.63) is 0 Å². The van der Waals surface area contributed by atoms with Crippen LogP contribution in [0.5, 0.6) is 0 Å². The molecule has 0 rings (SSSR count). The molecule has 2 atom stereocenters. The number of carboxylic acids is 3. The summed E-state index contributed by atoms with van der Waals surface area (Å²) in [4.78, 5) is 114. The number of Topliss-reactive ketones (excluding diaryl/α,β-unsaturated/α-hetero) is 2. The van der Waals surface area contributed by atoms with Gasteiger partial charge < -0.3 is 55.0 Å². The molecule has 0 aliphatic carbocycles. The molecule has 3 amide bonds. The van der Waals surface area contributed by atoms with E-state index in [-0.39, 0.29) is 75.2 Å². The average molecular weight is 1090 g/mol. The largest absolute Gasteiger partial charge is 0.481 e. The van der Waals surface area contributed by atoms with E-state index in [1.54, 1.807) is 34.6 Å². The van der Waals surface area contributed by atoms with E-state index in [0.29, 0.717) is 45.5 Å². The van der Waals surface area contributed by atoms with Crippen LogP contribution in [-0.2, 0) is 57.2 Å². The zero-order chi connectivity index (χ0) is 58.6. The third-order valence-electron chi connectivity index (χ3n) is 10.5. The van der Waals surface area contributed by atoms with E-state index in [1.165, 1.54) is 0 Å². The van der Waals surface area contributed by atoms with Gasteiger partial charge >= 0.3 is 48.1 Å². The molecule has 2 unspecified atom stereocenters. The van der Waals surface area contributed by atoms with Crippen LogP contribution in [-0.4, -0.2) is 125 Å². The Kier molecular flexibility index (Phi) is 43.9. The fraction of sp³-hybridized carbons (Fsp3) is 0.818. The first kappa shape index (κ1) is 74.7. The van der Waals surface area contributed by atoms with Crippen molar-refractivity contribution in [1.82, 2.24) is 16.0 Å². The van der Waals surface area contributed by atoms with Gasteiger partial charge in [-0.25, -0.2) is 14.4 Å². The van der Waals surface area contributed by atoms with Gasteiger partial charge in [0.2, 0.25) is 0 Å². The zero-order valence-corrected chi connectivity index (χ0v) is 48.1. The van der Waals surface area contributed by atoms with Gasteiger partial charge in [-0.3, -0.25) is 33.6 Å². The van der Waals surface area contributed by atoms with Crippen LogP contribution in [0, 0.1) is 11.8 Å². The van der Waals surface area contributed by atoms with Gasteiger partial charge in [-0.15, -0.1) is 0 Å². The number of carbonyl (C=O) groups is 10. The van der Waals surface area contributed by atoms with Gasteiger partial charge in [0.1, 0.15) is 28.4 Å². The molecule has 76 heavy (non-hydrogen) atoms. The molecule has 6 N–H and O–H groups in total. The van der Waals surface area contributed by atoms with Gasteiger partial charge in [-0.2, -0.15) is 0 Å². The number of hydrogen-bond donors (Lipinski definition) is 6. The minimum absolute atomic E-state index is 0.00787. The molecule has 0 aliphatic heterocycles. The normalized spacial score (nSPS) is 11.9. The lowest BCUT2D eigenvalue weighted by atomic mass is 9.94. The van der Waals surface area contributed by atoms with Crippen LogP contribution in [0.3, 0.4) is 0 Å². The lowest BCUT2D eigenvalue weighted by Gasteiger charge is -2.19. The average Bonchev–Trinajstić information content (AvgIpc) is 3.27. The number of unbranched alkanes of at least 4 members (excludes halogenated alkanes) is 12. The van der Waals surface area contributed by atoms with Crippen molar-refractivity contribution >= 4 is 59.7 Å². The molecule has 0 radical (unpaired) electrons. The molecule has 0 fully saturated rings. The number of nitrogens with one attached hydrogen (secondary N) is 3. The van der Waals surface area contributed by atoms with E-state index in [1.807, 2.05) is 41.5 Å². The van der Waals surface area contributed by atoms with E-state index >= 15 is 0 Å². The Labute approximate surface area is 453 Å².